The Labute approximate surface area is 111 Å². The molecule has 104 valence electrons. The third-order valence-corrected chi connectivity index (χ3v) is 2.57. The molecule has 0 aliphatic rings. The second kappa shape index (κ2) is 5.32. The lowest BCUT2D eigenvalue weighted by atomic mass is 10.0. The van der Waals surface area contributed by atoms with Gasteiger partial charge in [0.1, 0.15) is 11.6 Å². The molecule has 0 aromatic heterocycles. The van der Waals surface area contributed by atoms with E-state index in [1.54, 1.807) is 30.3 Å². The summed E-state index contributed by atoms with van der Waals surface area (Å²) in [6.45, 7) is 0. The van der Waals surface area contributed by atoms with E-state index in [9.17, 15) is 22.4 Å². The average Bonchev–Trinajstić information content (AvgIpc) is 2.38. The van der Waals surface area contributed by atoms with Crippen molar-refractivity contribution in [2.24, 2.45) is 0 Å². The van der Waals surface area contributed by atoms with Crippen LogP contribution in [0.5, 0.6) is 5.75 Å². The van der Waals surface area contributed by atoms with E-state index in [-0.39, 0.29) is 11.8 Å². The largest absolute Gasteiger partial charge is 0.573 e. The first kappa shape index (κ1) is 14.0. The highest BCUT2D eigenvalue weighted by Gasteiger charge is 2.33. The third-order valence-electron chi connectivity index (χ3n) is 2.57. The van der Waals surface area contributed by atoms with Crippen molar-refractivity contribution in [3.05, 3.63) is 53.8 Å². The number of benzene rings is 2. The maximum Gasteiger partial charge on any atom is 0.573 e. The minimum atomic E-state index is -4.99. The molecule has 0 unspecified atom stereocenters. The molecule has 20 heavy (non-hydrogen) atoms. The van der Waals surface area contributed by atoms with Gasteiger partial charge in [-0.15, -0.1) is 13.2 Å². The maximum atomic E-state index is 14.1. The number of alkyl halides is 3. The predicted molar refractivity (Wildman–Crippen MR) is 63.9 cm³/mol. The Hall–Kier alpha value is -2.37. The number of carbonyl (C=O) groups is 1. The highest BCUT2D eigenvalue weighted by Crippen LogP contribution is 2.32. The number of hydrogen-bond acceptors (Lipinski definition) is 2. The van der Waals surface area contributed by atoms with Crippen molar-refractivity contribution in [2.75, 3.05) is 0 Å². The summed E-state index contributed by atoms with van der Waals surface area (Å²) in [4.78, 5) is 10.8. The van der Waals surface area contributed by atoms with Gasteiger partial charge in [-0.25, -0.2) is 4.39 Å². The van der Waals surface area contributed by atoms with Crippen LogP contribution in [0.4, 0.5) is 17.6 Å². The highest BCUT2D eigenvalue weighted by molar-refractivity contribution is 5.83. The SMILES string of the molecule is O=Cc1c(OC(F)(F)F)ccc(-c2ccccc2)c1F. The van der Waals surface area contributed by atoms with Crippen LogP contribution >= 0.6 is 0 Å². The van der Waals surface area contributed by atoms with Gasteiger partial charge in [0.05, 0.1) is 5.56 Å². The predicted octanol–water partition coefficient (Wildman–Crippen LogP) is 4.20. The van der Waals surface area contributed by atoms with Gasteiger partial charge in [-0.3, -0.25) is 4.79 Å². The molecule has 2 aromatic rings. The van der Waals surface area contributed by atoms with Crippen LogP contribution in [0.1, 0.15) is 10.4 Å². The number of ether oxygens (including phenoxy) is 1. The van der Waals surface area contributed by atoms with Crippen molar-refractivity contribution >= 4 is 6.29 Å². The summed E-state index contributed by atoms with van der Waals surface area (Å²) in [7, 11) is 0. The zero-order chi connectivity index (χ0) is 14.8. The molecule has 0 saturated heterocycles. The van der Waals surface area contributed by atoms with Gasteiger partial charge in [-0.1, -0.05) is 30.3 Å². The molecule has 0 radical (unpaired) electrons. The minimum absolute atomic E-state index is 0.00282. The van der Waals surface area contributed by atoms with Gasteiger partial charge in [0.15, 0.2) is 6.29 Å². The Bertz CT molecular complexity index is 621. The fourth-order valence-corrected chi connectivity index (χ4v) is 1.74. The van der Waals surface area contributed by atoms with Crippen molar-refractivity contribution in [3.8, 4) is 16.9 Å². The van der Waals surface area contributed by atoms with Crippen molar-refractivity contribution < 1.29 is 27.1 Å². The van der Waals surface area contributed by atoms with Crippen molar-refractivity contribution in [1.82, 2.24) is 0 Å². The number of hydrogen-bond donors (Lipinski definition) is 0. The van der Waals surface area contributed by atoms with E-state index in [4.69, 9.17) is 0 Å². The molecule has 2 aromatic carbocycles. The van der Waals surface area contributed by atoms with Gasteiger partial charge >= 0.3 is 6.36 Å². The molecule has 0 spiro atoms. The molecule has 6 heteroatoms. The fourth-order valence-electron chi connectivity index (χ4n) is 1.74. The Morgan fingerprint density at radius 3 is 2.20 bits per heavy atom. The van der Waals surface area contributed by atoms with E-state index in [1.807, 2.05) is 0 Å². The normalized spacial score (nSPS) is 11.2. The number of rotatable bonds is 3. The summed E-state index contributed by atoms with van der Waals surface area (Å²) in [6.07, 6.45) is -4.98. The van der Waals surface area contributed by atoms with E-state index < -0.39 is 23.5 Å². The summed E-state index contributed by atoms with van der Waals surface area (Å²) in [5, 5.41) is 0. The highest BCUT2D eigenvalue weighted by atomic mass is 19.4. The van der Waals surface area contributed by atoms with Crippen molar-refractivity contribution in [3.63, 3.8) is 0 Å². The molecule has 0 amide bonds. The van der Waals surface area contributed by atoms with Crippen LogP contribution in [0.3, 0.4) is 0 Å². The molecular weight excluding hydrogens is 276 g/mol. The molecule has 0 heterocycles. The topological polar surface area (TPSA) is 26.3 Å². The Morgan fingerprint density at radius 2 is 1.65 bits per heavy atom. The van der Waals surface area contributed by atoms with Crippen LogP contribution in [-0.4, -0.2) is 12.6 Å². The van der Waals surface area contributed by atoms with Crippen LogP contribution in [-0.2, 0) is 0 Å². The molecular formula is C14H8F4O2. The molecule has 0 N–H and O–H groups in total. The van der Waals surface area contributed by atoms with Crippen molar-refractivity contribution in [2.45, 2.75) is 6.36 Å². The first-order valence-corrected chi connectivity index (χ1v) is 5.51. The molecule has 0 aliphatic heterocycles. The van der Waals surface area contributed by atoms with Crippen LogP contribution < -0.4 is 4.74 Å². The monoisotopic (exact) mass is 284 g/mol. The zero-order valence-corrected chi connectivity index (χ0v) is 9.95. The number of carbonyl (C=O) groups excluding carboxylic acids is 1. The van der Waals surface area contributed by atoms with E-state index in [0.717, 1.165) is 12.1 Å². The van der Waals surface area contributed by atoms with Gasteiger partial charge in [0.2, 0.25) is 0 Å². The van der Waals surface area contributed by atoms with Gasteiger partial charge in [-0.05, 0) is 17.7 Å². The van der Waals surface area contributed by atoms with Gasteiger partial charge in [-0.2, -0.15) is 0 Å². The Balaban J connectivity index is 2.52. The molecule has 0 bridgehead atoms. The molecule has 0 saturated carbocycles. The van der Waals surface area contributed by atoms with Crippen LogP contribution in [0.25, 0.3) is 11.1 Å². The quantitative estimate of drug-likeness (QED) is 0.623. The standard InChI is InChI=1S/C14H8F4O2/c15-13-10(9-4-2-1-3-5-9)6-7-12(11(13)8-19)20-14(16,17)18/h1-8H. The zero-order valence-electron chi connectivity index (χ0n) is 9.95. The minimum Gasteiger partial charge on any atom is -0.405 e. The lowest BCUT2D eigenvalue weighted by molar-refractivity contribution is -0.274. The number of halogens is 4. The summed E-state index contributed by atoms with van der Waals surface area (Å²) >= 11 is 0. The van der Waals surface area contributed by atoms with E-state index in [2.05, 4.69) is 4.74 Å². The van der Waals surface area contributed by atoms with Gasteiger partial charge in [0.25, 0.3) is 0 Å². The molecule has 2 rings (SSSR count). The smallest absolute Gasteiger partial charge is 0.405 e. The number of aldehydes is 1. The first-order valence-electron chi connectivity index (χ1n) is 5.51. The molecule has 2 nitrogen and oxygen atoms in total. The molecule has 0 aliphatic carbocycles. The Kier molecular flexibility index (Phi) is 3.74. The van der Waals surface area contributed by atoms with E-state index >= 15 is 0 Å². The fraction of sp³-hybridized carbons (Fsp3) is 0.0714. The molecule has 0 fully saturated rings. The van der Waals surface area contributed by atoms with Gasteiger partial charge < -0.3 is 4.74 Å². The van der Waals surface area contributed by atoms with Crippen LogP contribution in [0, 0.1) is 5.82 Å². The summed E-state index contributed by atoms with van der Waals surface area (Å²) in [5.74, 6) is -1.90. The average molecular weight is 284 g/mol. The van der Waals surface area contributed by atoms with Crippen molar-refractivity contribution in [1.29, 1.82) is 0 Å². The van der Waals surface area contributed by atoms with Crippen LogP contribution in [0.15, 0.2) is 42.5 Å². The van der Waals surface area contributed by atoms with E-state index in [0.29, 0.717) is 5.56 Å². The molecule has 0 atom stereocenters. The second-order valence-electron chi connectivity index (χ2n) is 3.87. The second-order valence-corrected chi connectivity index (χ2v) is 3.87. The van der Waals surface area contributed by atoms with Crippen LogP contribution in [0.2, 0.25) is 0 Å². The summed E-state index contributed by atoms with van der Waals surface area (Å²) in [6, 6.07) is 10.2. The maximum absolute atomic E-state index is 14.1. The third kappa shape index (κ3) is 2.96. The Morgan fingerprint density at radius 1 is 1.00 bits per heavy atom. The first-order chi connectivity index (χ1) is 9.42. The van der Waals surface area contributed by atoms with E-state index in [1.165, 1.54) is 0 Å². The summed E-state index contributed by atoms with van der Waals surface area (Å²) in [5.41, 5.74) is -0.280. The lowest BCUT2D eigenvalue weighted by Gasteiger charge is -2.13. The lowest BCUT2D eigenvalue weighted by Crippen LogP contribution is -2.18. The van der Waals surface area contributed by atoms with Gasteiger partial charge in [0, 0.05) is 5.56 Å². The summed E-state index contributed by atoms with van der Waals surface area (Å²) < 4.78 is 54.2.